The number of hydrogen-bond donors (Lipinski definition) is 1. The van der Waals surface area contributed by atoms with Crippen LogP contribution in [0.1, 0.15) is 48.6 Å². The average Bonchev–Trinajstić information content (AvgIpc) is 2.60. The molecule has 1 N–H and O–H groups in total. The summed E-state index contributed by atoms with van der Waals surface area (Å²) in [6, 6.07) is 16.8. The van der Waals surface area contributed by atoms with Crippen molar-refractivity contribution in [3.05, 3.63) is 70.8 Å². The monoisotopic (exact) mass is 341 g/mol. The zero-order chi connectivity index (χ0) is 17.5. The second kappa shape index (κ2) is 8.93. The van der Waals surface area contributed by atoms with Gasteiger partial charge in [0, 0.05) is 5.75 Å². The summed E-state index contributed by atoms with van der Waals surface area (Å²) >= 11 is 1.68. The summed E-state index contributed by atoms with van der Waals surface area (Å²) in [5.41, 5.74) is 5.00. The highest BCUT2D eigenvalue weighted by Crippen LogP contribution is 2.22. The van der Waals surface area contributed by atoms with Gasteiger partial charge in [-0.15, -0.1) is 11.8 Å². The summed E-state index contributed by atoms with van der Waals surface area (Å²) in [6.45, 7) is 8.32. The van der Waals surface area contributed by atoms with Gasteiger partial charge in [-0.05, 0) is 49.4 Å². The van der Waals surface area contributed by atoms with Crippen LogP contribution in [0.3, 0.4) is 0 Å². The molecule has 2 aromatic rings. The Morgan fingerprint density at radius 1 is 1.08 bits per heavy atom. The van der Waals surface area contributed by atoms with E-state index in [1.54, 1.807) is 11.8 Å². The van der Waals surface area contributed by atoms with Gasteiger partial charge in [0.15, 0.2) is 0 Å². The Morgan fingerprint density at radius 2 is 1.79 bits per heavy atom. The highest BCUT2D eigenvalue weighted by atomic mass is 32.2. The smallest absolute Gasteiger partial charge is 0.233 e. The largest absolute Gasteiger partial charge is 0.348 e. The molecule has 0 unspecified atom stereocenters. The Morgan fingerprint density at radius 3 is 2.42 bits per heavy atom. The van der Waals surface area contributed by atoms with Crippen LogP contribution in [0.15, 0.2) is 48.5 Å². The van der Waals surface area contributed by atoms with E-state index in [4.69, 9.17) is 0 Å². The molecule has 2 aromatic carbocycles. The van der Waals surface area contributed by atoms with Gasteiger partial charge in [0.1, 0.15) is 0 Å². The molecule has 128 valence electrons. The lowest BCUT2D eigenvalue weighted by atomic mass is 9.99. The molecular formula is C21H27NOS. The minimum absolute atomic E-state index is 0.0641. The second-order valence-corrected chi connectivity index (χ2v) is 7.58. The van der Waals surface area contributed by atoms with Gasteiger partial charge < -0.3 is 5.32 Å². The van der Waals surface area contributed by atoms with Crippen molar-refractivity contribution in [1.29, 1.82) is 0 Å². The maximum absolute atomic E-state index is 12.5. The number of amides is 1. The Hall–Kier alpha value is -1.74. The standard InChI is InChI=1S/C21H27NOS/c1-5-20(19-12-11-15(2)16(3)13-19)22-21(23)17(4)24-14-18-9-7-6-8-10-18/h6-13,17,20H,5,14H2,1-4H3,(H,22,23)/t17-,20+/m0/s1. The van der Waals surface area contributed by atoms with Crippen LogP contribution in [-0.4, -0.2) is 11.2 Å². The Balaban J connectivity index is 1.94. The normalized spacial score (nSPS) is 13.3. The summed E-state index contributed by atoms with van der Waals surface area (Å²) in [6.07, 6.45) is 0.893. The molecule has 0 fully saturated rings. The van der Waals surface area contributed by atoms with E-state index in [0.29, 0.717) is 0 Å². The molecule has 0 saturated carbocycles. The van der Waals surface area contributed by atoms with E-state index in [0.717, 1.165) is 12.2 Å². The number of aryl methyl sites for hydroxylation is 2. The van der Waals surface area contributed by atoms with Crippen LogP contribution in [0.5, 0.6) is 0 Å². The van der Waals surface area contributed by atoms with Crippen LogP contribution in [-0.2, 0) is 10.5 Å². The molecule has 0 radical (unpaired) electrons. The minimum Gasteiger partial charge on any atom is -0.348 e. The third-order valence-corrected chi connectivity index (χ3v) is 5.58. The molecule has 0 saturated heterocycles. The highest BCUT2D eigenvalue weighted by molar-refractivity contribution is 7.99. The number of rotatable bonds is 7. The molecule has 2 atom stereocenters. The SMILES string of the molecule is CC[C@@H](NC(=O)[C@H](C)SCc1ccccc1)c1ccc(C)c(C)c1. The van der Waals surface area contributed by atoms with Crippen molar-refractivity contribution in [2.24, 2.45) is 0 Å². The van der Waals surface area contributed by atoms with Crippen LogP contribution in [0.2, 0.25) is 0 Å². The quantitative estimate of drug-likeness (QED) is 0.750. The predicted molar refractivity (Wildman–Crippen MR) is 104 cm³/mol. The molecule has 2 nitrogen and oxygen atoms in total. The molecule has 24 heavy (non-hydrogen) atoms. The van der Waals surface area contributed by atoms with Crippen LogP contribution in [0.4, 0.5) is 0 Å². The van der Waals surface area contributed by atoms with Crippen molar-refractivity contribution in [2.45, 2.75) is 51.2 Å². The van der Waals surface area contributed by atoms with Crippen molar-refractivity contribution in [1.82, 2.24) is 5.32 Å². The third kappa shape index (κ3) is 5.13. The number of benzene rings is 2. The maximum atomic E-state index is 12.5. The van der Waals surface area contributed by atoms with Gasteiger partial charge in [-0.25, -0.2) is 0 Å². The first-order valence-electron chi connectivity index (χ1n) is 8.54. The van der Waals surface area contributed by atoms with E-state index in [9.17, 15) is 4.79 Å². The van der Waals surface area contributed by atoms with Crippen molar-refractivity contribution < 1.29 is 4.79 Å². The fourth-order valence-corrected chi connectivity index (χ4v) is 3.42. The molecule has 1 amide bonds. The molecule has 0 bridgehead atoms. The zero-order valence-corrected chi connectivity index (χ0v) is 15.8. The summed E-state index contributed by atoms with van der Waals surface area (Å²) in [7, 11) is 0. The zero-order valence-electron chi connectivity index (χ0n) is 15.0. The highest BCUT2D eigenvalue weighted by Gasteiger charge is 2.18. The molecule has 0 aromatic heterocycles. The van der Waals surface area contributed by atoms with E-state index >= 15 is 0 Å². The summed E-state index contributed by atoms with van der Waals surface area (Å²) in [5, 5.41) is 3.14. The van der Waals surface area contributed by atoms with Crippen LogP contribution in [0, 0.1) is 13.8 Å². The van der Waals surface area contributed by atoms with Gasteiger partial charge in [0.2, 0.25) is 5.91 Å². The first-order valence-corrected chi connectivity index (χ1v) is 9.59. The number of thioether (sulfide) groups is 1. The van der Waals surface area contributed by atoms with Crippen molar-refractivity contribution in [3.8, 4) is 0 Å². The molecule has 2 rings (SSSR count). The summed E-state index contributed by atoms with van der Waals surface area (Å²) < 4.78 is 0. The fraction of sp³-hybridized carbons (Fsp3) is 0.381. The van der Waals surface area contributed by atoms with Crippen molar-refractivity contribution >= 4 is 17.7 Å². The molecular weight excluding hydrogens is 314 g/mol. The van der Waals surface area contributed by atoms with Gasteiger partial charge in [-0.2, -0.15) is 0 Å². The Labute approximate surface area is 150 Å². The van der Waals surface area contributed by atoms with Gasteiger partial charge in [0.05, 0.1) is 11.3 Å². The second-order valence-electron chi connectivity index (χ2n) is 6.25. The fourth-order valence-electron chi connectivity index (χ4n) is 2.56. The van der Waals surface area contributed by atoms with E-state index in [-0.39, 0.29) is 17.2 Å². The first-order chi connectivity index (χ1) is 11.5. The molecule has 0 aliphatic rings. The number of carbonyl (C=O) groups is 1. The van der Waals surface area contributed by atoms with Crippen molar-refractivity contribution in [3.63, 3.8) is 0 Å². The molecule has 0 heterocycles. The molecule has 0 aliphatic carbocycles. The molecule has 0 spiro atoms. The average molecular weight is 342 g/mol. The van der Waals surface area contributed by atoms with E-state index in [1.165, 1.54) is 22.3 Å². The lowest BCUT2D eigenvalue weighted by molar-refractivity contribution is -0.121. The van der Waals surface area contributed by atoms with Gasteiger partial charge in [-0.1, -0.05) is 55.5 Å². The topological polar surface area (TPSA) is 29.1 Å². The van der Waals surface area contributed by atoms with Gasteiger partial charge >= 0.3 is 0 Å². The first kappa shape index (κ1) is 18.6. The van der Waals surface area contributed by atoms with Crippen LogP contribution in [0.25, 0.3) is 0 Å². The van der Waals surface area contributed by atoms with E-state index in [2.05, 4.69) is 56.4 Å². The summed E-state index contributed by atoms with van der Waals surface area (Å²) in [4.78, 5) is 12.5. The number of hydrogen-bond acceptors (Lipinski definition) is 2. The van der Waals surface area contributed by atoms with Gasteiger partial charge in [-0.3, -0.25) is 4.79 Å². The number of nitrogens with one attached hydrogen (secondary N) is 1. The Bertz CT molecular complexity index is 669. The Kier molecular flexibility index (Phi) is 6.92. The number of carbonyl (C=O) groups excluding carboxylic acids is 1. The molecule has 3 heteroatoms. The summed E-state index contributed by atoms with van der Waals surface area (Å²) in [5.74, 6) is 0.969. The van der Waals surface area contributed by atoms with Crippen LogP contribution < -0.4 is 5.32 Å². The molecule has 0 aliphatic heterocycles. The minimum atomic E-state index is -0.0641. The maximum Gasteiger partial charge on any atom is 0.233 e. The van der Waals surface area contributed by atoms with Crippen LogP contribution >= 0.6 is 11.8 Å². The van der Waals surface area contributed by atoms with Gasteiger partial charge in [0.25, 0.3) is 0 Å². The van der Waals surface area contributed by atoms with E-state index < -0.39 is 0 Å². The third-order valence-electron chi connectivity index (χ3n) is 4.37. The van der Waals surface area contributed by atoms with Crippen molar-refractivity contribution in [2.75, 3.05) is 0 Å². The predicted octanol–water partition coefficient (Wildman–Crippen LogP) is 5.19. The van der Waals surface area contributed by atoms with E-state index in [1.807, 2.05) is 25.1 Å². The lowest BCUT2D eigenvalue weighted by Crippen LogP contribution is -2.34. The lowest BCUT2D eigenvalue weighted by Gasteiger charge is -2.21.